The van der Waals surface area contributed by atoms with Gasteiger partial charge in [-0.05, 0) is 42.7 Å². The van der Waals surface area contributed by atoms with E-state index in [0.717, 1.165) is 11.3 Å². The minimum Gasteiger partial charge on any atom is -0.393 e. The van der Waals surface area contributed by atoms with Gasteiger partial charge in [-0.1, -0.05) is 29.8 Å². The first-order valence-corrected chi connectivity index (χ1v) is 11.2. The molecular weight excluding hydrogens is 424 g/mol. The number of hydrogen-bond donors (Lipinski definition) is 2. The SMILES string of the molecule is [C-]#[N+]c1cccc(-c2cnc(-c3ccc(Cl)c(S(=O)(=O)N4CCC(O)CC4)c3)[nH]2)c1. The third-order valence-corrected chi connectivity index (χ3v) is 7.49. The molecule has 3 aromatic rings. The summed E-state index contributed by atoms with van der Waals surface area (Å²) in [6, 6.07) is 11.9. The molecule has 0 amide bonds. The van der Waals surface area contributed by atoms with Crippen molar-refractivity contribution >= 4 is 27.3 Å². The van der Waals surface area contributed by atoms with E-state index in [1.54, 1.807) is 36.5 Å². The van der Waals surface area contributed by atoms with Gasteiger partial charge in [0, 0.05) is 18.7 Å². The summed E-state index contributed by atoms with van der Waals surface area (Å²) in [7, 11) is -3.79. The van der Waals surface area contributed by atoms with Crippen LogP contribution in [0.5, 0.6) is 0 Å². The highest BCUT2D eigenvalue weighted by atomic mass is 35.5. The maximum Gasteiger partial charge on any atom is 0.244 e. The van der Waals surface area contributed by atoms with Crippen molar-refractivity contribution in [2.45, 2.75) is 23.8 Å². The average Bonchev–Trinajstić information content (AvgIpc) is 3.24. The first-order chi connectivity index (χ1) is 14.4. The molecule has 1 saturated heterocycles. The summed E-state index contributed by atoms with van der Waals surface area (Å²) in [5.41, 5.74) is 2.65. The van der Waals surface area contributed by atoms with Crippen LogP contribution >= 0.6 is 11.6 Å². The predicted octanol–water partition coefficient (Wildman–Crippen LogP) is 4.09. The average molecular weight is 443 g/mol. The van der Waals surface area contributed by atoms with E-state index in [1.165, 1.54) is 10.4 Å². The van der Waals surface area contributed by atoms with Gasteiger partial charge in [-0.15, -0.1) is 0 Å². The number of hydrogen-bond acceptors (Lipinski definition) is 4. The lowest BCUT2D eigenvalue weighted by Crippen LogP contribution is -2.40. The number of aliphatic hydroxyl groups is 1. The highest BCUT2D eigenvalue weighted by molar-refractivity contribution is 7.89. The Hall–Kier alpha value is -2.70. The molecule has 2 aromatic carbocycles. The summed E-state index contributed by atoms with van der Waals surface area (Å²) in [6.07, 6.45) is 1.98. The summed E-state index contributed by atoms with van der Waals surface area (Å²) >= 11 is 6.24. The number of benzene rings is 2. The molecule has 0 unspecified atom stereocenters. The lowest BCUT2D eigenvalue weighted by Gasteiger charge is -2.29. The number of halogens is 1. The zero-order valence-electron chi connectivity index (χ0n) is 15.9. The molecule has 0 saturated carbocycles. The van der Waals surface area contributed by atoms with Crippen LogP contribution in [-0.4, -0.2) is 47.0 Å². The molecule has 7 nitrogen and oxygen atoms in total. The summed E-state index contributed by atoms with van der Waals surface area (Å²) in [5.74, 6) is 0.500. The quantitative estimate of drug-likeness (QED) is 0.595. The molecule has 0 aliphatic carbocycles. The number of nitrogens with one attached hydrogen (secondary N) is 1. The van der Waals surface area contributed by atoms with Crippen LogP contribution < -0.4 is 0 Å². The van der Waals surface area contributed by atoms with Crippen LogP contribution in [0.15, 0.2) is 53.6 Å². The summed E-state index contributed by atoms with van der Waals surface area (Å²) in [5, 5.41) is 9.80. The van der Waals surface area contributed by atoms with E-state index in [1.807, 2.05) is 6.07 Å². The van der Waals surface area contributed by atoms with Crippen molar-refractivity contribution < 1.29 is 13.5 Å². The molecule has 1 aliphatic heterocycles. The number of aromatic nitrogens is 2. The van der Waals surface area contributed by atoms with Crippen molar-refractivity contribution in [2.24, 2.45) is 0 Å². The maximum atomic E-state index is 13.1. The van der Waals surface area contributed by atoms with Crippen LogP contribution in [0.2, 0.25) is 5.02 Å². The first kappa shape index (κ1) is 20.6. The fourth-order valence-electron chi connectivity index (χ4n) is 3.43. The third kappa shape index (κ3) is 3.98. The van der Waals surface area contributed by atoms with Crippen molar-refractivity contribution in [3.8, 4) is 22.6 Å². The van der Waals surface area contributed by atoms with Crippen molar-refractivity contribution in [1.82, 2.24) is 14.3 Å². The molecule has 2 N–H and O–H groups in total. The minimum atomic E-state index is -3.79. The third-order valence-electron chi connectivity index (χ3n) is 5.11. The number of rotatable bonds is 4. The molecule has 0 spiro atoms. The lowest BCUT2D eigenvalue weighted by atomic mass is 10.1. The van der Waals surface area contributed by atoms with Gasteiger partial charge in [0.15, 0.2) is 5.69 Å². The van der Waals surface area contributed by atoms with Gasteiger partial charge >= 0.3 is 0 Å². The fourth-order valence-corrected chi connectivity index (χ4v) is 5.40. The number of piperidine rings is 1. The Bertz CT molecular complexity index is 1230. The summed E-state index contributed by atoms with van der Waals surface area (Å²) in [4.78, 5) is 11.0. The largest absolute Gasteiger partial charge is 0.393 e. The second-order valence-corrected chi connectivity index (χ2v) is 9.40. The maximum absolute atomic E-state index is 13.1. The van der Waals surface area contributed by atoms with Crippen LogP contribution in [0.1, 0.15) is 12.8 Å². The number of aliphatic hydroxyl groups excluding tert-OH is 1. The van der Waals surface area contributed by atoms with Gasteiger partial charge in [0.1, 0.15) is 10.7 Å². The zero-order valence-corrected chi connectivity index (χ0v) is 17.5. The van der Waals surface area contributed by atoms with Gasteiger partial charge in [-0.2, -0.15) is 4.31 Å². The second-order valence-electron chi connectivity index (χ2n) is 7.09. The fraction of sp³-hybridized carbons (Fsp3) is 0.238. The van der Waals surface area contributed by atoms with Crippen molar-refractivity contribution in [1.29, 1.82) is 0 Å². The van der Waals surface area contributed by atoms with Crippen molar-refractivity contribution in [2.75, 3.05) is 13.1 Å². The smallest absolute Gasteiger partial charge is 0.244 e. The molecule has 1 aliphatic rings. The Kier molecular flexibility index (Phi) is 5.62. The number of imidazole rings is 1. The van der Waals surface area contributed by atoms with Gasteiger partial charge in [0.05, 0.1) is 29.6 Å². The highest BCUT2D eigenvalue weighted by Gasteiger charge is 2.30. The molecule has 0 radical (unpaired) electrons. The van der Waals surface area contributed by atoms with Gasteiger partial charge in [0.2, 0.25) is 10.0 Å². The molecule has 9 heteroatoms. The molecule has 2 heterocycles. The van der Waals surface area contributed by atoms with Crippen LogP contribution in [0.25, 0.3) is 27.5 Å². The van der Waals surface area contributed by atoms with E-state index in [4.69, 9.17) is 18.2 Å². The summed E-state index contributed by atoms with van der Waals surface area (Å²) < 4.78 is 27.5. The molecule has 0 bridgehead atoms. The number of sulfonamides is 1. The topological polar surface area (TPSA) is 90.7 Å². The Labute approximate surface area is 179 Å². The van der Waals surface area contributed by atoms with Crippen molar-refractivity contribution in [3.63, 3.8) is 0 Å². The number of H-pyrrole nitrogens is 1. The number of nitrogens with zero attached hydrogens (tertiary/aromatic N) is 3. The summed E-state index contributed by atoms with van der Waals surface area (Å²) in [6.45, 7) is 7.66. The van der Waals surface area contributed by atoms with E-state index in [0.29, 0.717) is 29.9 Å². The highest BCUT2D eigenvalue weighted by Crippen LogP contribution is 2.32. The Morgan fingerprint density at radius 1 is 1.17 bits per heavy atom. The van der Waals surface area contributed by atoms with Crippen LogP contribution in [0, 0.1) is 6.57 Å². The normalized spacial score (nSPS) is 15.8. The number of aromatic amines is 1. The Morgan fingerprint density at radius 3 is 2.67 bits per heavy atom. The van der Waals surface area contributed by atoms with Gasteiger partial charge < -0.3 is 10.1 Å². The molecule has 1 fully saturated rings. The van der Waals surface area contributed by atoms with Gasteiger partial charge in [0.25, 0.3) is 0 Å². The van der Waals surface area contributed by atoms with E-state index in [2.05, 4.69) is 14.8 Å². The monoisotopic (exact) mass is 442 g/mol. The molecule has 4 rings (SSSR count). The minimum absolute atomic E-state index is 0.0195. The standard InChI is InChI=1S/C21H19ClN4O3S/c1-23-16-4-2-3-14(11-16)19-13-24-21(25-19)15-5-6-18(22)20(12-15)30(28,29)26-9-7-17(27)8-10-26/h2-6,11-13,17,27H,7-10H2,(H,24,25). The van der Waals surface area contributed by atoms with Gasteiger partial charge in [-0.3, -0.25) is 0 Å². The van der Waals surface area contributed by atoms with Crippen LogP contribution in [0.3, 0.4) is 0 Å². The molecule has 30 heavy (non-hydrogen) atoms. The molecule has 1 aromatic heterocycles. The molecule has 154 valence electrons. The molecule has 0 atom stereocenters. The predicted molar refractivity (Wildman–Crippen MR) is 115 cm³/mol. The van der Waals surface area contributed by atoms with Crippen molar-refractivity contribution in [3.05, 3.63) is 65.1 Å². The Balaban J connectivity index is 1.67. The van der Waals surface area contributed by atoms with Crippen LogP contribution in [0.4, 0.5) is 5.69 Å². The van der Waals surface area contributed by atoms with E-state index < -0.39 is 16.1 Å². The van der Waals surface area contributed by atoms with E-state index in [9.17, 15) is 13.5 Å². The second kappa shape index (κ2) is 8.20. The molecular formula is C21H19ClN4O3S. The van der Waals surface area contributed by atoms with Gasteiger partial charge in [-0.25, -0.2) is 18.2 Å². The first-order valence-electron chi connectivity index (χ1n) is 9.39. The Morgan fingerprint density at radius 2 is 1.93 bits per heavy atom. The zero-order chi connectivity index (χ0) is 21.3. The van der Waals surface area contributed by atoms with E-state index in [-0.39, 0.29) is 23.0 Å². The van der Waals surface area contributed by atoms with E-state index >= 15 is 0 Å². The lowest BCUT2D eigenvalue weighted by molar-refractivity contribution is 0.113. The van der Waals surface area contributed by atoms with Crippen LogP contribution in [-0.2, 0) is 10.0 Å².